The van der Waals surface area contributed by atoms with Gasteiger partial charge in [0.25, 0.3) is 0 Å². The molecule has 0 atom stereocenters. The van der Waals surface area contributed by atoms with E-state index in [-0.39, 0.29) is 0 Å². The number of para-hydroxylation sites is 4. The van der Waals surface area contributed by atoms with Crippen LogP contribution in [0, 0.1) is 0 Å². The Bertz CT molecular complexity index is 2320. The number of fused-ring (bicyclic) bond motifs is 9. The van der Waals surface area contributed by atoms with Gasteiger partial charge >= 0.3 is 0 Å². The van der Waals surface area contributed by atoms with Gasteiger partial charge in [-0.15, -0.1) is 0 Å². The highest BCUT2D eigenvalue weighted by molar-refractivity contribution is 6.22. The van der Waals surface area contributed by atoms with Gasteiger partial charge in [0.2, 0.25) is 5.89 Å². The molecule has 182 valence electrons. The topological polar surface area (TPSA) is 44.1 Å². The number of hydrogen-bond donors (Lipinski definition) is 0. The van der Waals surface area contributed by atoms with E-state index in [1.807, 2.05) is 24.3 Å². The lowest BCUT2D eigenvalue weighted by Gasteiger charge is -2.08. The Morgan fingerprint density at radius 2 is 1.15 bits per heavy atom. The Hall–Kier alpha value is -5.35. The van der Waals surface area contributed by atoms with Crippen LogP contribution in [0.4, 0.5) is 0 Å². The Labute approximate surface area is 222 Å². The lowest BCUT2D eigenvalue weighted by atomic mass is 9.99. The molecule has 0 saturated heterocycles. The van der Waals surface area contributed by atoms with Gasteiger partial charge in [0.15, 0.2) is 5.58 Å². The molecule has 0 bridgehead atoms. The average Bonchev–Trinajstić information content (AvgIpc) is 3.68. The van der Waals surface area contributed by atoms with Crippen molar-refractivity contribution in [3.8, 4) is 17.1 Å². The lowest BCUT2D eigenvalue weighted by molar-refractivity contribution is 0.620. The minimum Gasteiger partial charge on any atom is -0.456 e. The van der Waals surface area contributed by atoms with E-state index in [0.29, 0.717) is 5.89 Å². The van der Waals surface area contributed by atoms with E-state index in [4.69, 9.17) is 13.8 Å². The summed E-state index contributed by atoms with van der Waals surface area (Å²) in [6.07, 6.45) is 0. The predicted molar refractivity (Wildman–Crippen MR) is 159 cm³/mol. The van der Waals surface area contributed by atoms with Crippen molar-refractivity contribution in [2.75, 3.05) is 0 Å². The molecule has 0 fully saturated rings. The zero-order valence-corrected chi connectivity index (χ0v) is 20.8. The van der Waals surface area contributed by atoms with Crippen LogP contribution in [0.15, 0.2) is 130 Å². The zero-order valence-electron chi connectivity index (χ0n) is 20.8. The number of benzene rings is 6. The lowest BCUT2D eigenvalue weighted by Crippen LogP contribution is -1.93. The Morgan fingerprint density at radius 1 is 0.487 bits per heavy atom. The first kappa shape index (κ1) is 20.7. The summed E-state index contributed by atoms with van der Waals surface area (Å²) in [5.74, 6) is 0.598. The van der Waals surface area contributed by atoms with Crippen molar-refractivity contribution in [2.24, 2.45) is 0 Å². The first-order chi connectivity index (χ1) is 19.3. The number of rotatable bonds is 2. The smallest absolute Gasteiger partial charge is 0.228 e. The van der Waals surface area contributed by atoms with Crippen molar-refractivity contribution in [3.05, 3.63) is 121 Å². The third kappa shape index (κ3) is 2.85. The number of aromatic nitrogens is 2. The predicted octanol–water partition coefficient (Wildman–Crippen LogP) is 9.64. The molecule has 3 aromatic heterocycles. The molecular weight excluding hydrogens is 480 g/mol. The summed E-state index contributed by atoms with van der Waals surface area (Å²) in [4.78, 5) is 4.79. The second-order valence-corrected chi connectivity index (χ2v) is 9.98. The van der Waals surface area contributed by atoms with Crippen molar-refractivity contribution in [1.29, 1.82) is 0 Å². The van der Waals surface area contributed by atoms with Crippen LogP contribution in [0.25, 0.3) is 82.8 Å². The summed E-state index contributed by atoms with van der Waals surface area (Å²) in [6.45, 7) is 0. The number of furan rings is 1. The van der Waals surface area contributed by atoms with Gasteiger partial charge in [-0.3, -0.25) is 0 Å². The van der Waals surface area contributed by atoms with Gasteiger partial charge in [-0.05, 0) is 53.2 Å². The minimum absolute atomic E-state index is 0.598. The summed E-state index contributed by atoms with van der Waals surface area (Å²) in [6, 6.07) is 42.0. The van der Waals surface area contributed by atoms with Gasteiger partial charge in [-0.2, -0.15) is 0 Å². The number of oxazole rings is 1. The van der Waals surface area contributed by atoms with E-state index in [2.05, 4.69) is 102 Å². The van der Waals surface area contributed by atoms with Gasteiger partial charge in [-0.1, -0.05) is 72.8 Å². The van der Waals surface area contributed by atoms with Crippen molar-refractivity contribution >= 4 is 65.6 Å². The normalized spacial score (nSPS) is 12.1. The van der Waals surface area contributed by atoms with Crippen LogP contribution < -0.4 is 0 Å². The van der Waals surface area contributed by atoms with Gasteiger partial charge in [0, 0.05) is 38.9 Å². The molecule has 0 saturated carbocycles. The second kappa shape index (κ2) is 7.59. The molecule has 0 aliphatic carbocycles. The molecule has 0 spiro atoms. The average molecular weight is 501 g/mol. The Kier molecular flexibility index (Phi) is 4.02. The molecule has 6 aromatic carbocycles. The largest absolute Gasteiger partial charge is 0.456 e. The second-order valence-electron chi connectivity index (χ2n) is 9.98. The first-order valence-corrected chi connectivity index (χ1v) is 13.1. The van der Waals surface area contributed by atoms with Crippen LogP contribution in [-0.2, 0) is 0 Å². The first-order valence-electron chi connectivity index (χ1n) is 13.1. The summed E-state index contributed by atoms with van der Waals surface area (Å²) < 4.78 is 15.1. The molecule has 4 nitrogen and oxygen atoms in total. The highest BCUT2D eigenvalue weighted by Gasteiger charge is 2.19. The molecule has 0 unspecified atom stereocenters. The van der Waals surface area contributed by atoms with Crippen LogP contribution >= 0.6 is 0 Å². The highest BCUT2D eigenvalue weighted by atomic mass is 16.3. The number of nitrogens with zero attached hydrogens (tertiary/aromatic N) is 2. The Morgan fingerprint density at radius 3 is 1.92 bits per heavy atom. The quantitative estimate of drug-likeness (QED) is 0.237. The van der Waals surface area contributed by atoms with E-state index < -0.39 is 0 Å². The van der Waals surface area contributed by atoms with E-state index in [1.54, 1.807) is 0 Å². The molecule has 0 N–H and O–H groups in total. The summed E-state index contributed by atoms with van der Waals surface area (Å²) in [5, 5.41) is 6.89. The van der Waals surface area contributed by atoms with E-state index in [0.717, 1.165) is 55.1 Å². The zero-order chi connectivity index (χ0) is 25.5. The molecule has 3 heterocycles. The van der Waals surface area contributed by atoms with Crippen molar-refractivity contribution in [1.82, 2.24) is 9.55 Å². The molecule has 0 radical (unpaired) electrons. The Balaban J connectivity index is 1.33. The summed E-state index contributed by atoms with van der Waals surface area (Å²) in [5.41, 5.74) is 7.65. The van der Waals surface area contributed by atoms with Crippen molar-refractivity contribution in [2.45, 2.75) is 0 Å². The van der Waals surface area contributed by atoms with Gasteiger partial charge in [-0.25, -0.2) is 4.98 Å². The van der Waals surface area contributed by atoms with Crippen LogP contribution in [0.1, 0.15) is 0 Å². The third-order valence-electron chi connectivity index (χ3n) is 7.83. The molecular formula is C35H20N2O2. The summed E-state index contributed by atoms with van der Waals surface area (Å²) >= 11 is 0. The monoisotopic (exact) mass is 500 g/mol. The molecule has 0 aliphatic rings. The fourth-order valence-electron chi connectivity index (χ4n) is 6.13. The summed E-state index contributed by atoms with van der Waals surface area (Å²) in [7, 11) is 0. The standard InChI is InChI=1S/C35H20N2O2/c1-2-12-25-22(9-1)27(35-36-28-13-5-8-16-31(28)39-35)20-33-34(25)26-18-17-21(19-32(26)38-33)37-29-14-6-3-10-23(29)24-11-4-7-15-30(24)37/h1-20H. The molecule has 0 aliphatic heterocycles. The minimum atomic E-state index is 0.598. The van der Waals surface area contributed by atoms with Crippen molar-refractivity contribution < 1.29 is 8.83 Å². The van der Waals surface area contributed by atoms with Crippen LogP contribution in [0.2, 0.25) is 0 Å². The van der Waals surface area contributed by atoms with Gasteiger partial charge < -0.3 is 13.4 Å². The number of hydrogen-bond acceptors (Lipinski definition) is 3. The van der Waals surface area contributed by atoms with E-state index in [9.17, 15) is 0 Å². The van der Waals surface area contributed by atoms with E-state index >= 15 is 0 Å². The fourth-order valence-corrected chi connectivity index (χ4v) is 6.13. The van der Waals surface area contributed by atoms with Crippen LogP contribution in [-0.4, -0.2) is 9.55 Å². The molecule has 0 amide bonds. The molecule has 9 rings (SSSR count). The van der Waals surface area contributed by atoms with Crippen molar-refractivity contribution in [3.63, 3.8) is 0 Å². The van der Waals surface area contributed by atoms with E-state index in [1.165, 1.54) is 21.8 Å². The SMILES string of the molecule is c1ccc2oc(-c3cc4oc5cc(-n6c7ccccc7c7ccccc76)ccc5c4c4ccccc34)nc2c1. The third-order valence-corrected chi connectivity index (χ3v) is 7.83. The molecule has 9 aromatic rings. The van der Waals surface area contributed by atoms with Gasteiger partial charge in [0.1, 0.15) is 16.7 Å². The highest BCUT2D eigenvalue weighted by Crippen LogP contribution is 2.41. The maximum absolute atomic E-state index is 6.58. The van der Waals surface area contributed by atoms with Crippen LogP contribution in [0.5, 0.6) is 0 Å². The van der Waals surface area contributed by atoms with Crippen LogP contribution in [0.3, 0.4) is 0 Å². The fraction of sp³-hybridized carbons (Fsp3) is 0. The molecule has 4 heteroatoms. The maximum atomic E-state index is 6.58. The maximum Gasteiger partial charge on any atom is 0.228 e. The van der Waals surface area contributed by atoms with Gasteiger partial charge in [0.05, 0.1) is 11.0 Å². The molecule has 39 heavy (non-hydrogen) atoms.